The van der Waals surface area contributed by atoms with Crippen molar-refractivity contribution in [1.29, 1.82) is 0 Å². The molecule has 3 aromatic carbocycles. The summed E-state index contributed by atoms with van der Waals surface area (Å²) >= 11 is 0. The fourth-order valence-electron chi connectivity index (χ4n) is 4.10. The van der Waals surface area contributed by atoms with Gasteiger partial charge in [0.15, 0.2) is 0 Å². The molecule has 0 amide bonds. The molecule has 0 bridgehead atoms. The first-order valence-corrected chi connectivity index (χ1v) is 12.8. The van der Waals surface area contributed by atoms with Gasteiger partial charge < -0.3 is 0 Å². The summed E-state index contributed by atoms with van der Waals surface area (Å²) in [6.45, 7) is 3.29. The van der Waals surface area contributed by atoms with Crippen LogP contribution in [0.25, 0.3) is 0 Å². The van der Waals surface area contributed by atoms with Gasteiger partial charge in [-0.1, -0.05) is 54.6 Å². The number of hydrogen-bond acceptors (Lipinski definition) is 3. The lowest BCUT2D eigenvalue weighted by Gasteiger charge is -2.35. The molecule has 0 saturated heterocycles. The first-order valence-electron chi connectivity index (χ1n) is 11.4. The summed E-state index contributed by atoms with van der Waals surface area (Å²) in [6.07, 6.45) is -3.20. The van der Waals surface area contributed by atoms with E-state index in [0.29, 0.717) is 5.56 Å². The van der Waals surface area contributed by atoms with Crippen molar-refractivity contribution < 1.29 is 26.0 Å². The predicted octanol–water partition coefficient (Wildman–Crippen LogP) is 6.32. The highest BCUT2D eigenvalue weighted by Gasteiger charge is 2.42. The van der Waals surface area contributed by atoms with Gasteiger partial charge in [0.1, 0.15) is 11.4 Å². The Hall–Kier alpha value is -3.56. The molecule has 1 atom stereocenters. The van der Waals surface area contributed by atoms with Crippen molar-refractivity contribution in [2.75, 3.05) is 0 Å². The summed E-state index contributed by atoms with van der Waals surface area (Å²) in [5.74, 6) is -0.718. The maximum Gasteiger partial charge on any atom is 0.416 e. The number of alkyl halides is 3. The Labute approximate surface area is 213 Å². The normalized spacial score (nSPS) is 13.8. The second-order valence-electron chi connectivity index (χ2n) is 8.88. The SMILES string of the molecule is Cc1ccc(C(Cc2ccccc2)(NS(=O)(=O)c2ccc(C)c(F)c2)c2cccc(C(F)(F)F)c2)nc1. The number of nitrogens with zero attached hydrogens (tertiary/aromatic N) is 1. The summed E-state index contributed by atoms with van der Waals surface area (Å²) in [5.41, 5.74) is -0.764. The molecule has 0 aliphatic heterocycles. The zero-order chi connectivity index (χ0) is 26.8. The van der Waals surface area contributed by atoms with Gasteiger partial charge in [0.25, 0.3) is 0 Å². The van der Waals surface area contributed by atoms with Crippen LogP contribution in [0, 0.1) is 19.7 Å². The molecule has 1 heterocycles. The van der Waals surface area contributed by atoms with Crippen molar-refractivity contribution in [2.24, 2.45) is 0 Å². The largest absolute Gasteiger partial charge is 0.416 e. The number of sulfonamides is 1. The van der Waals surface area contributed by atoms with E-state index < -0.39 is 33.1 Å². The first kappa shape index (κ1) is 26.5. The third kappa shape index (κ3) is 5.73. The molecule has 0 fully saturated rings. The number of aryl methyl sites for hydroxylation is 2. The maximum absolute atomic E-state index is 14.3. The van der Waals surface area contributed by atoms with Gasteiger partial charge in [0.2, 0.25) is 10.0 Å². The molecule has 0 spiro atoms. The Balaban J connectivity index is 2.00. The first-order chi connectivity index (χ1) is 17.4. The standard InChI is InChI=1S/C28H24F4N2O2S/c1-19-11-14-26(33-18-19)27(17-21-7-4-3-5-8-21,22-9-6-10-23(15-22)28(30,31)32)34-37(35,36)24-13-12-20(2)25(29)16-24/h3-16,18,34H,17H2,1-2H3. The monoisotopic (exact) mass is 528 g/mol. The minimum Gasteiger partial charge on any atom is -0.259 e. The molecule has 192 valence electrons. The van der Waals surface area contributed by atoms with Crippen molar-refractivity contribution in [3.05, 3.63) is 130 Å². The quantitative estimate of drug-likeness (QED) is 0.286. The van der Waals surface area contributed by atoms with E-state index in [1.165, 1.54) is 37.4 Å². The summed E-state index contributed by atoms with van der Waals surface area (Å²) < 4.78 is 85.5. The van der Waals surface area contributed by atoms with Crippen molar-refractivity contribution in [1.82, 2.24) is 9.71 Å². The van der Waals surface area contributed by atoms with E-state index in [-0.39, 0.29) is 28.1 Å². The number of benzene rings is 3. The van der Waals surface area contributed by atoms with Crippen LogP contribution in [0.1, 0.15) is 33.5 Å². The number of aromatic nitrogens is 1. The van der Waals surface area contributed by atoms with E-state index in [1.54, 1.807) is 49.4 Å². The summed E-state index contributed by atoms with van der Waals surface area (Å²) in [5, 5.41) is 0. The van der Waals surface area contributed by atoms with Crippen LogP contribution in [0.3, 0.4) is 0 Å². The minimum atomic E-state index is -4.66. The average molecular weight is 529 g/mol. The van der Waals surface area contributed by atoms with Crippen LogP contribution in [-0.2, 0) is 28.2 Å². The number of nitrogens with one attached hydrogen (secondary N) is 1. The second-order valence-corrected chi connectivity index (χ2v) is 10.6. The van der Waals surface area contributed by atoms with Crippen LogP contribution in [-0.4, -0.2) is 13.4 Å². The molecule has 4 nitrogen and oxygen atoms in total. The Kier molecular flexibility index (Phi) is 7.21. The number of halogens is 4. The van der Waals surface area contributed by atoms with E-state index in [9.17, 15) is 26.0 Å². The van der Waals surface area contributed by atoms with E-state index >= 15 is 0 Å². The smallest absolute Gasteiger partial charge is 0.259 e. The summed E-state index contributed by atoms with van der Waals surface area (Å²) in [4.78, 5) is 4.09. The Morgan fingerprint density at radius 1 is 0.838 bits per heavy atom. The average Bonchev–Trinajstić information content (AvgIpc) is 2.85. The summed E-state index contributed by atoms with van der Waals surface area (Å²) in [6, 6.07) is 20.0. The molecular formula is C28H24F4N2O2S. The highest BCUT2D eigenvalue weighted by molar-refractivity contribution is 7.89. The van der Waals surface area contributed by atoms with Crippen LogP contribution in [0.2, 0.25) is 0 Å². The van der Waals surface area contributed by atoms with Crippen LogP contribution >= 0.6 is 0 Å². The molecule has 0 aliphatic rings. The van der Waals surface area contributed by atoms with Crippen LogP contribution in [0.15, 0.2) is 96.0 Å². The maximum atomic E-state index is 14.3. The van der Waals surface area contributed by atoms with Gasteiger partial charge >= 0.3 is 6.18 Å². The molecule has 4 rings (SSSR count). The predicted molar refractivity (Wildman–Crippen MR) is 133 cm³/mol. The van der Waals surface area contributed by atoms with E-state index in [2.05, 4.69) is 9.71 Å². The van der Waals surface area contributed by atoms with Gasteiger partial charge in [0.05, 0.1) is 16.2 Å². The lowest BCUT2D eigenvalue weighted by Crippen LogP contribution is -2.49. The highest BCUT2D eigenvalue weighted by atomic mass is 32.2. The number of pyridine rings is 1. The fraction of sp³-hybridized carbons (Fsp3) is 0.179. The molecule has 37 heavy (non-hydrogen) atoms. The third-order valence-electron chi connectivity index (χ3n) is 6.11. The third-order valence-corrected chi connectivity index (χ3v) is 7.60. The summed E-state index contributed by atoms with van der Waals surface area (Å²) in [7, 11) is -4.44. The second kappa shape index (κ2) is 10.1. The van der Waals surface area contributed by atoms with Crippen molar-refractivity contribution in [2.45, 2.75) is 36.9 Å². The highest BCUT2D eigenvalue weighted by Crippen LogP contribution is 2.38. The molecule has 0 radical (unpaired) electrons. The van der Waals surface area contributed by atoms with Gasteiger partial charge in [-0.25, -0.2) is 12.8 Å². The number of hydrogen-bond donors (Lipinski definition) is 1. The van der Waals surface area contributed by atoms with Gasteiger partial charge in [-0.05, 0) is 66.4 Å². The molecule has 1 N–H and O–H groups in total. The Bertz CT molecular complexity index is 1510. The van der Waals surface area contributed by atoms with Gasteiger partial charge in [-0.3, -0.25) is 4.98 Å². The van der Waals surface area contributed by atoms with E-state index in [0.717, 1.165) is 23.8 Å². The van der Waals surface area contributed by atoms with E-state index in [4.69, 9.17) is 0 Å². The molecule has 0 aliphatic carbocycles. The van der Waals surface area contributed by atoms with Crippen molar-refractivity contribution in [3.63, 3.8) is 0 Å². The lowest BCUT2D eigenvalue weighted by molar-refractivity contribution is -0.137. The molecule has 1 unspecified atom stereocenters. The van der Waals surface area contributed by atoms with Gasteiger partial charge in [0, 0.05) is 12.6 Å². The topological polar surface area (TPSA) is 59.1 Å². The Morgan fingerprint density at radius 2 is 1.54 bits per heavy atom. The van der Waals surface area contributed by atoms with E-state index in [1.807, 2.05) is 0 Å². The van der Waals surface area contributed by atoms with Gasteiger partial charge in [-0.15, -0.1) is 0 Å². The molecule has 1 aromatic heterocycles. The fourth-order valence-corrected chi connectivity index (χ4v) is 5.48. The molecule has 9 heteroatoms. The minimum absolute atomic E-state index is 0.0405. The Morgan fingerprint density at radius 3 is 2.16 bits per heavy atom. The molecular weight excluding hydrogens is 504 g/mol. The zero-order valence-corrected chi connectivity index (χ0v) is 20.9. The molecule has 4 aromatic rings. The van der Waals surface area contributed by atoms with Crippen LogP contribution in [0.4, 0.5) is 17.6 Å². The van der Waals surface area contributed by atoms with Crippen molar-refractivity contribution in [3.8, 4) is 0 Å². The lowest BCUT2D eigenvalue weighted by atomic mass is 9.81. The van der Waals surface area contributed by atoms with Crippen LogP contribution < -0.4 is 4.72 Å². The van der Waals surface area contributed by atoms with Crippen LogP contribution in [0.5, 0.6) is 0 Å². The number of rotatable bonds is 7. The molecule has 0 saturated carbocycles. The van der Waals surface area contributed by atoms with Gasteiger partial charge in [-0.2, -0.15) is 17.9 Å². The zero-order valence-electron chi connectivity index (χ0n) is 20.1. The van der Waals surface area contributed by atoms with Crippen molar-refractivity contribution >= 4 is 10.0 Å².